The summed E-state index contributed by atoms with van der Waals surface area (Å²) in [5.41, 5.74) is -0.456. The van der Waals surface area contributed by atoms with Crippen molar-refractivity contribution in [2.24, 2.45) is 17.8 Å². The van der Waals surface area contributed by atoms with E-state index in [0.717, 1.165) is 0 Å². The van der Waals surface area contributed by atoms with Crippen molar-refractivity contribution >= 4 is 23.7 Å². The Kier molecular flexibility index (Phi) is 10.2. The molecule has 2 rings (SSSR count). The fourth-order valence-corrected chi connectivity index (χ4v) is 4.92. The number of hydrogen-bond acceptors (Lipinski definition) is 11. The number of thioether (sulfide) groups is 1. The maximum atomic E-state index is 11.6. The highest BCUT2D eigenvalue weighted by Gasteiger charge is 2.49. The molecule has 32 heavy (non-hydrogen) atoms. The molecule has 2 fully saturated rings. The van der Waals surface area contributed by atoms with Gasteiger partial charge in [-0.1, -0.05) is 20.8 Å². The van der Waals surface area contributed by atoms with Crippen molar-refractivity contribution in [3.8, 4) is 6.07 Å². The van der Waals surface area contributed by atoms with Gasteiger partial charge in [0.05, 0.1) is 24.5 Å². The van der Waals surface area contributed by atoms with Crippen molar-refractivity contribution in [1.29, 1.82) is 5.26 Å². The Morgan fingerprint density at radius 1 is 1.03 bits per heavy atom. The Morgan fingerprint density at radius 3 is 2.28 bits per heavy atom. The molecule has 2 aliphatic rings. The first-order chi connectivity index (χ1) is 15.1. The Hall–Kier alpha value is -1.42. The molecule has 2 aliphatic heterocycles. The maximum Gasteiger partial charge on any atom is 0.303 e. The highest BCUT2D eigenvalue weighted by atomic mass is 32.2. The van der Waals surface area contributed by atoms with Gasteiger partial charge in [0.2, 0.25) is 0 Å². The number of aliphatic hydroxyl groups excluding tert-OH is 2. The van der Waals surface area contributed by atoms with Crippen LogP contribution in [0.15, 0.2) is 0 Å². The molecule has 0 radical (unpaired) electrons. The Balaban J connectivity index is 2.21. The molecule has 0 aromatic heterocycles. The first kappa shape index (κ1) is 26.8. The van der Waals surface area contributed by atoms with E-state index in [0.29, 0.717) is 0 Å². The number of carbonyl (C=O) groups excluding carboxylic acids is 2. The van der Waals surface area contributed by atoms with Crippen molar-refractivity contribution in [2.45, 2.75) is 76.9 Å². The second kappa shape index (κ2) is 12.2. The number of carbonyl (C=O) groups is 2. The molecule has 0 bridgehead atoms. The summed E-state index contributed by atoms with van der Waals surface area (Å²) in [4.78, 5) is 22.9. The lowest BCUT2D eigenvalue weighted by molar-refractivity contribution is -0.313. The van der Waals surface area contributed by atoms with Crippen LogP contribution in [0.3, 0.4) is 0 Å². The molecule has 0 aromatic rings. The van der Waals surface area contributed by atoms with Crippen LogP contribution in [0.25, 0.3) is 0 Å². The van der Waals surface area contributed by atoms with Crippen LogP contribution in [-0.2, 0) is 33.3 Å². The summed E-state index contributed by atoms with van der Waals surface area (Å²) in [5, 5.41) is 29.3. The average molecular weight is 476 g/mol. The van der Waals surface area contributed by atoms with Gasteiger partial charge in [-0.05, 0) is 0 Å². The van der Waals surface area contributed by atoms with Crippen LogP contribution in [0.1, 0.15) is 34.6 Å². The molecular weight excluding hydrogens is 442 g/mol. The SMILES string of the molecule is CC(=O)OCC1O[C@@H](O[C@@H]2C(C)[C@H](SCC#N)OC(CO)[C@H]2O)C(C)C(C)[C@H]1OC(C)=O. The normalized spacial score (nSPS) is 39.7. The fourth-order valence-electron chi connectivity index (χ4n) is 4.00. The van der Waals surface area contributed by atoms with Gasteiger partial charge < -0.3 is 33.9 Å². The lowest BCUT2D eigenvalue weighted by Gasteiger charge is -2.48. The molecule has 10 nitrogen and oxygen atoms in total. The molecule has 2 heterocycles. The van der Waals surface area contributed by atoms with Crippen LogP contribution >= 0.6 is 11.8 Å². The second-order valence-corrected chi connectivity index (χ2v) is 9.37. The van der Waals surface area contributed by atoms with Crippen LogP contribution in [0, 0.1) is 29.1 Å². The van der Waals surface area contributed by atoms with E-state index >= 15 is 0 Å². The molecule has 0 aliphatic carbocycles. The molecule has 0 saturated carbocycles. The minimum Gasteiger partial charge on any atom is -0.463 e. The molecule has 5 unspecified atom stereocenters. The van der Waals surface area contributed by atoms with Crippen molar-refractivity contribution in [3.05, 3.63) is 0 Å². The van der Waals surface area contributed by atoms with E-state index in [4.69, 9.17) is 28.9 Å². The second-order valence-electron chi connectivity index (χ2n) is 8.28. The summed E-state index contributed by atoms with van der Waals surface area (Å²) in [6, 6.07) is 2.05. The monoisotopic (exact) mass is 475 g/mol. The van der Waals surface area contributed by atoms with E-state index in [1.54, 1.807) is 0 Å². The topological polar surface area (TPSA) is 145 Å². The molecule has 0 amide bonds. The Labute approximate surface area is 192 Å². The van der Waals surface area contributed by atoms with Crippen LogP contribution in [0.5, 0.6) is 0 Å². The molecule has 10 atom stereocenters. The van der Waals surface area contributed by atoms with Gasteiger partial charge in [0.25, 0.3) is 0 Å². The average Bonchev–Trinajstić information content (AvgIpc) is 2.74. The molecule has 11 heteroatoms. The molecule has 0 spiro atoms. The Bertz CT molecular complexity index is 687. The van der Waals surface area contributed by atoms with E-state index < -0.39 is 60.8 Å². The Morgan fingerprint density at radius 2 is 1.72 bits per heavy atom. The quantitative estimate of drug-likeness (QED) is 0.482. The van der Waals surface area contributed by atoms with Gasteiger partial charge in [-0.25, -0.2) is 0 Å². The van der Waals surface area contributed by atoms with Crippen LogP contribution in [-0.4, -0.2) is 83.4 Å². The van der Waals surface area contributed by atoms with Crippen molar-refractivity contribution in [3.63, 3.8) is 0 Å². The first-order valence-electron chi connectivity index (χ1n) is 10.6. The molecule has 182 valence electrons. The highest BCUT2D eigenvalue weighted by molar-refractivity contribution is 7.99. The number of rotatable bonds is 8. The number of nitriles is 1. The number of esters is 2. The highest BCUT2D eigenvalue weighted by Crippen LogP contribution is 2.39. The van der Waals surface area contributed by atoms with E-state index in [-0.39, 0.29) is 30.1 Å². The first-order valence-corrected chi connectivity index (χ1v) is 11.7. The van der Waals surface area contributed by atoms with Gasteiger partial charge in [0.1, 0.15) is 36.5 Å². The van der Waals surface area contributed by atoms with Crippen molar-refractivity contribution in [1.82, 2.24) is 0 Å². The van der Waals surface area contributed by atoms with E-state index in [2.05, 4.69) is 0 Å². The van der Waals surface area contributed by atoms with Gasteiger partial charge >= 0.3 is 11.9 Å². The van der Waals surface area contributed by atoms with Crippen molar-refractivity contribution < 1.29 is 43.5 Å². The van der Waals surface area contributed by atoms with Crippen LogP contribution in [0.4, 0.5) is 0 Å². The number of nitrogens with zero attached hydrogens (tertiary/aromatic N) is 1. The van der Waals surface area contributed by atoms with Gasteiger partial charge in [0, 0.05) is 31.6 Å². The zero-order valence-corrected chi connectivity index (χ0v) is 19.8. The third kappa shape index (κ3) is 6.56. The molecule has 0 aromatic carbocycles. The van der Waals surface area contributed by atoms with Gasteiger partial charge in [-0.15, -0.1) is 11.8 Å². The van der Waals surface area contributed by atoms with Crippen LogP contribution in [0.2, 0.25) is 0 Å². The number of hydrogen-bond donors (Lipinski definition) is 2. The summed E-state index contributed by atoms with van der Waals surface area (Å²) >= 11 is 1.27. The van der Waals surface area contributed by atoms with Crippen LogP contribution < -0.4 is 0 Å². The van der Waals surface area contributed by atoms with E-state index in [1.807, 2.05) is 26.8 Å². The predicted molar refractivity (Wildman–Crippen MR) is 113 cm³/mol. The zero-order chi connectivity index (χ0) is 24.0. The molecule has 2 saturated heterocycles. The summed E-state index contributed by atoms with van der Waals surface area (Å²) in [7, 11) is 0. The summed E-state index contributed by atoms with van der Waals surface area (Å²) in [6.45, 7) is 7.67. The van der Waals surface area contributed by atoms with Gasteiger partial charge in [-0.3, -0.25) is 9.59 Å². The predicted octanol–water partition coefficient (Wildman–Crippen LogP) is 0.834. The molecule has 2 N–H and O–H groups in total. The van der Waals surface area contributed by atoms with E-state index in [9.17, 15) is 19.8 Å². The third-order valence-electron chi connectivity index (χ3n) is 5.96. The number of aliphatic hydroxyl groups is 2. The third-order valence-corrected chi connectivity index (χ3v) is 7.13. The van der Waals surface area contributed by atoms with Gasteiger partial charge in [0.15, 0.2) is 6.29 Å². The minimum absolute atomic E-state index is 0.115. The fraction of sp³-hybridized carbons (Fsp3) is 0.857. The lowest BCUT2D eigenvalue weighted by Crippen LogP contribution is -2.59. The summed E-state index contributed by atoms with van der Waals surface area (Å²) < 4.78 is 28.6. The maximum absolute atomic E-state index is 11.6. The minimum atomic E-state index is -1.11. The van der Waals surface area contributed by atoms with E-state index in [1.165, 1.54) is 25.6 Å². The molecular formula is C21H33NO9S. The van der Waals surface area contributed by atoms with Crippen molar-refractivity contribution in [2.75, 3.05) is 19.0 Å². The number of ether oxygens (including phenoxy) is 5. The standard InChI is InChI=1S/C21H33NO9S/c1-10-11(2)20(29-16(9-27-13(4)24)18(10)28-14(5)25)31-19-12(3)21(32-7-6-22)30-15(8-23)17(19)26/h10-12,15-21,23,26H,7-9H2,1-5H3/t10?,11?,12?,15?,16?,17-,18-,19-,20+,21+/m1/s1. The smallest absolute Gasteiger partial charge is 0.303 e. The lowest BCUT2D eigenvalue weighted by atomic mass is 9.84. The summed E-state index contributed by atoms with van der Waals surface area (Å²) in [6.07, 6.45) is -4.89. The largest absolute Gasteiger partial charge is 0.463 e. The van der Waals surface area contributed by atoms with Gasteiger partial charge in [-0.2, -0.15) is 5.26 Å². The summed E-state index contributed by atoms with van der Waals surface area (Å²) in [5.74, 6) is -1.50. The zero-order valence-electron chi connectivity index (χ0n) is 19.0.